The van der Waals surface area contributed by atoms with Crippen molar-refractivity contribution in [2.24, 2.45) is 0 Å². The monoisotopic (exact) mass is 253 g/mol. The molecule has 1 aromatic carbocycles. The van der Waals surface area contributed by atoms with E-state index >= 15 is 0 Å². The Bertz CT molecular complexity index is 488. The summed E-state index contributed by atoms with van der Waals surface area (Å²) in [5, 5.41) is 0. The van der Waals surface area contributed by atoms with Gasteiger partial charge in [0.05, 0.1) is 12.1 Å². The molecule has 3 nitrogen and oxygen atoms in total. The summed E-state index contributed by atoms with van der Waals surface area (Å²) in [6.07, 6.45) is 2.11. The van der Waals surface area contributed by atoms with Gasteiger partial charge >= 0.3 is 0 Å². The van der Waals surface area contributed by atoms with Crippen LogP contribution in [0.4, 0.5) is 8.78 Å². The highest BCUT2D eigenvalue weighted by Gasteiger charge is 2.22. The maximum Gasteiger partial charge on any atom is 0.222 e. The van der Waals surface area contributed by atoms with Crippen molar-refractivity contribution in [1.29, 1.82) is 0 Å². The summed E-state index contributed by atoms with van der Waals surface area (Å²) in [7, 11) is 0. The molecule has 1 aromatic rings. The molecule has 0 N–H and O–H groups in total. The Hall–Kier alpha value is -1.78. The lowest BCUT2D eigenvalue weighted by Gasteiger charge is -2.25. The van der Waals surface area contributed by atoms with Gasteiger partial charge in [0, 0.05) is 19.0 Å². The van der Waals surface area contributed by atoms with Crippen molar-refractivity contribution in [2.75, 3.05) is 13.1 Å². The van der Waals surface area contributed by atoms with Crippen LogP contribution in [0, 0.1) is 11.6 Å². The first-order valence-corrected chi connectivity index (χ1v) is 5.84. The number of benzene rings is 1. The molecule has 0 spiro atoms. The molecule has 0 unspecified atom stereocenters. The lowest BCUT2D eigenvalue weighted by atomic mass is 10.1. The number of likely N-dealkylation sites (tertiary alicyclic amines) is 1. The molecule has 1 fully saturated rings. The normalized spacial score (nSPS) is 15.9. The summed E-state index contributed by atoms with van der Waals surface area (Å²) in [6, 6.07) is 2.82. The molecule has 1 aliphatic heterocycles. The summed E-state index contributed by atoms with van der Waals surface area (Å²) in [5.41, 5.74) is -0.172. The van der Waals surface area contributed by atoms with E-state index in [0.717, 1.165) is 25.0 Å². The fourth-order valence-corrected chi connectivity index (χ4v) is 2.00. The van der Waals surface area contributed by atoms with Crippen LogP contribution in [0.1, 0.15) is 29.6 Å². The van der Waals surface area contributed by atoms with Crippen LogP contribution in [0.3, 0.4) is 0 Å². The van der Waals surface area contributed by atoms with Gasteiger partial charge < -0.3 is 4.90 Å². The number of piperidine rings is 1. The number of Topliss-reactive ketones (excluding diaryl/α,β-unsaturated/α-hetero) is 1. The number of hydrogen-bond donors (Lipinski definition) is 0. The molecule has 1 saturated heterocycles. The molecule has 1 amide bonds. The molecule has 0 radical (unpaired) electrons. The summed E-state index contributed by atoms with van der Waals surface area (Å²) in [6.45, 7) is 0.384. The molecule has 0 aliphatic carbocycles. The van der Waals surface area contributed by atoms with Crippen molar-refractivity contribution in [2.45, 2.75) is 19.3 Å². The second kappa shape index (κ2) is 5.25. The van der Waals surface area contributed by atoms with E-state index in [0.29, 0.717) is 19.0 Å². The van der Waals surface area contributed by atoms with Crippen molar-refractivity contribution in [3.63, 3.8) is 0 Å². The Morgan fingerprint density at radius 2 is 2.06 bits per heavy atom. The van der Waals surface area contributed by atoms with E-state index in [2.05, 4.69) is 0 Å². The zero-order chi connectivity index (χ0) is 13.1. The van der Waals surface area contributed by atoms with Gasteiger partial charge in [-0.25, -0.2) is 8.78 Å². The second-order valence-corrected chi connectivity index (χ2v) is 4.32. The molecule has 0 aromatic heterocycles. The molecule has 0 atom stereocenters. The largest absolute Gasteiger partial charge is 0.335 e. The molecule has 1 heterocycles. The van der Waals surface area contributed by atoms with Crippen molar-refractivity contribution in [3.8, 4) is 0 Å². The lowest BCUT2D eigenvalue weighted by Crippen LogP contribution is -2.39. The fraction of sp³-hybridized carbons (Fsp3) is 0.385. The highest BCUT2D eigenvalue weighted by Crippen LogP contribution is 2.14. The number of amides is 1. The van der Waals surface area contributed by atoms with Gasteiger partial charge in [-0.15, -0.1) is 0 Å². The number of ketones is 1. The maximum absolute atomic E-state index is 13.4. The number of nitrogens with zero attached hydrogens (tertiary/aromatic N) is 1. The second-order valence-electron chi connectivity index (χ2n) is 4.32. The Labute approximate surface area is 103 Å². The summed E-state index contributed by atoms with van der Waals surface area (Å²) in [5.74, 6) is -2.19. The molecular formula is C13H13F2NO2. The molecule has 1 aliphatic rings. The first kappa shape index (κ1) is 12.7. The highest BCUT2D eigenvalue weighted by atomic mass is 19.1. The molecule has 0 bridgehead atoms. The predicted octanol–water partition coefficient (Wildman–Crippen LogP) is 2.16. The molecular weight excluding hydrogens is 240 g/mol. The summed E-state index contributed by atoms with van der Waals surface area (Å²) >= 11 is 0. The zero-order valence-electron chi connectivity index (χ0n) is 9.79. The zero-order valence-corrected chi connectivity index (χ0v) is 9.79. The van der Waals surface area contributed by atoms with Crippen LogP contribution in [0.2, 0.25) is 0 Å². The number of halogens is 2. The van der Waals surface area contributed by atoms with Gasteiger partial charge in [-0.05, 0) is 25.0 Å². The first-order chi connectivity index (χ1) is 8.58. The quantitative estimate of drug-likeness (QED) is 0.774. The van der Waals surface area contributed by atoms with Gasteiger partial charge in [0.2, 0.25) is 5.91 Å². The van der Waals surface area contributed by atoms with Gasteiger partial charge in [0.1, 0.15) is 11.6 Å². The third-order valence-electron chi connectivity index (χ3n) is 2.99. The topological polar surface area (TPSA) is 37.4 Å². The number of rotatable bonds is 3. The predicted molar refractivity (Wildman–Crippen MR) is 61.1 cm³/mol. The van der Waals surface area contributed by atoms with Crippen LogP contribution in [0.5, 0.6) is 0 Å². The molecule has 96 valence electrons. The van der Waals surface area contributed by atoms with Gasteiger partial charge in [0.15, 0.2) is 5.78 Å². The van der Waals surface area contributed by atoms with Crippen molar-refractivity contribution in [3.05, 3.63) is 35.4 Å². The Morgan fingerprint density at radius 3 is 2.72 bits per heavy atom. The van der Waals surface area contributed by atoms with Crippen LogP contribution in [-0.4, -0.2) is 29.7 Å². The Kier molecular flexibility index (Phi) is 3.69. The standard InChI is InChI=1S/C13H13F2NO2/c14-9-4-5-10(11(15)7-9)12(17)8-16-6-2-1-3-13(16)18/h4-5,7H,1-3,6,8H2. The van der Waals surface area contributed by atoms with Crippen LogP contribution in [-0.2, 0) is 4.79 Å². The van der Waals surface area contributed by atoms with E-state index in [4.69, 9.17) is 0 Å². The average molecular weight is 253 g/mol. The van der Waals surface area contributed by atoms with Crippen LogP contribution in [0.25, 0.3) is 0 Å². The SMILES string of the molecule is O=C(CN1CCCCC1=O)c1ccc(F)cc1F. The maximum atomic E-state index is 13.4. The molecule has 0 saturated carbocycles. The molecule has 18 heavy (non-hydrogen) atoms. The molecule has 2 rings (SSSR count). The lowest BCUT2D eigenvalue weighted by molar-refractivity contribution is -0.132. The smallest absolute Gasteiger partial charge is 0.222 e. The highest BCUT2D eigenvalue weighted by molar-refractivity contribution is 5.99. The third kappa shape index (κ3) is 2.72. The number of carbonyl (C=O) groups excluding carboxylic acids is 2. The summed E-state index contributed by atoms with van der Waals surface area (Å²) < 4.78 is 26.1. The van der Waals surface area contributed by atoms with Gasteiger partial charge in [-0.2, -0.15) is 0 Å². The molecule has 5 heteroatoms. The van der Waals surface area contributed by atoms with Crippen LogP contribution < -0.4 is 0 Å². The minimum absolute atomic E-state index is 0.0860. The van der Waals surface area contributed by atoms with Crippen molar-refractivity contribution < 1.29 is 18.4 Å². The van der Waals surface area contributed by atoms with E-state index < -0.39 is 17.4 Å². The fourth-order valence-electron chi connectivity index (χ4n) is 2.00. The minimum Gasteiger partial charge on any atom is -0.335 e. The van der Waals surface area contributed by atoms with E-state index in [9.17, 15) is 18.4 Å². The van der Waals surface area contributed by atoms with E-state index in [-0.39, 0.29) is 18.0 Å². The Morgan fingerprint density at radius 1 is 1.28 bits per heavy atom. The van der Waals surface area contributed by atoms with E-state index in [1.807, 2.05) is 0 Å². The summed E-state index contributed by atoms with van der Waals surface area (Å²) in [4.78, 5) is 24.8. The van der Waals surface area contributed by atoms with Gasteiger partial charge in [-0.1, -0.05) is 0 Å². The van der Waals surface area contributed by atoms with Gasteiger partial charge in [0.25, 0.3) is 0 Å². The van der Waals surface area contributed by atoms with Crippen molar-refractivity contribution in [1.82, 2.24) is 4.90 Å². The van der Waals surface area contributed by atoms with Crippen LogP contribution >= 0.6 is 0 Å². The van der Waals surface area contributed by atoms with Gasteiger partial charge in [-0.3, -0.25) is 9.59 Å². The average Bonchev–Trinajstić information content (AvgIpc) is 2.32. The first-order valence-electron chi connectivity index (χ1n) is 5.84. The van der Waals surface area contributed by atoms with E-state index in [1.165, 1.54) is 4.90 Å². The number of hydrogen-bond acceptors (Lipinski definition) is 2. The van der Waals surface area contributed by atoms with Crippen LogP contribution in [0.15, 0.2) is 18.2 Å². The third-order valence-corrected chi connectivity index (χ3v) is 2.99. The Balaban J connectivity index is 2.09. The number of carbonyl (C=O) groups is 2. The van der Waals surface area contributed by atoms with E-state index in [1.54, 1.807) is 0 Å². The minimum atomic E-state index is -0.885. The van der Waals surface area contributed by atoms with Crippen molar-refractivity contribution >= 4 is 11.7 Å².